The van der Waals surface area contributed by atoms with Crippen molar-refractivity contribution >= 4 is 11.4 Å². The van der Waals surface area contributed by atoms with Crippen molar-refractivity contribution in [3.8, 4) is 23.4 Å². The standard InChI is InChI=1S/C20H24N4O4/c1-5-6-7-10-24-19(25)15(12-21)13(2)18(20(24)26)23-22-16-11-14(27-3)8-9-17(16)28-4/h8-9,11,25H,5-7,10H2,1-4H3. The second kappa shape index (κ2) is 9.55. The minimum Gasteiger partial charge on any atom is -0.497 e. The summed E-state index contributed by atoms with van der Waals surface area (Å²) >= 11 is 0. The monoisotopic (exact) mass is 384 g/mol. The number of benzene rings is 1. The van der Waals surface area contributed by atoms with Gasteiger partial charge in [-0.15, -0.1) is 10.2 Å². The van der Waals surface area contributed by atoms with Gasteiger partial charge in [0.05, 0.1) is 14.2 Å². The molecule has 28 heavy (non-hydrogen) atoms. The van der Waals surface area contributed by atoms with E-state index < -0.39 is 5.56 Å². The van der Waals surface area contributed by atoms with E-state index in [1.54, 1.807) is 25.1 Å². The first-order valence-corrected chi connectivity index (χ1v) is 8.98. The lowest BCUT2D eigenvalue weighted by Crippen LogP contribution is -2.22. The van der Waals surface area contributed by atoms with E-state index in [2.05, 4.69) is 10.2 Å². The van der Waals surface area contributed by atoms with E-state index in [0.29, 0.717) is 30.2 Å². The summed E-state index contributed by atoms with van der Waals surface area (Å²) in [5, 5.41) is 28.0. The van der Waals surface area contributed by atoms with Gasteiger partial charge in [0.1, 0.15) is 28.8 Å². The number of hydrogen-bond acceptors (Lipinski definition) is 7. The highest BCUT2D eigenvalue weighted by molar-refractivity contribution is 5.58. The molecule has 8 nitrogen and oxygen atoms in total. The van der Waals surface area contributed by atoms with Crippen LogP contribution in [0.25, 0.3) is 0 Å². The molecule has 0 radical (unpaired) electrons. The fourth-order valence-electron chi connectivity index (χ4n) is 2.76. The first-order chi connectivity index (χ1) is 13.5. The first kappa shape index (κ1) is 21.0. The Hall–Kier alpha value is -3.34. The SMILES string of the molecule is CCCCCn1c(O)c(C#N)c(C)c(N=Nc2cc(OC)ccc2OC)c1=O. The van der Waals surface area contributed by atoms with Gasteiger partial charge in [-0.25, -0.2) is 0 Å². The Labute approximate surface area is 163 Å². The van der Waals surface area contributed by atoms with Crippen molar-refractivity contribution in [2.45, 2.75) is 39.7 Å². The number of rotatable bonds is 8. The van der Waals surface area contributed by atoms with Crippen LogP contribution in [0.2, 0.25) is 0 Å². The van der Waals surface area contributed by atoms with Crippen LogP contribution in [0.3, 0.4) is 0 Å². The van der Waals surface area contributed by atoms with Gasteiger partial charge >= 0.3 is 0 Å². The summed E-state index contributed by atoms with van der Waals surface area (Å²) in [6.45, 7) is 3.91. The minimum absolute atomic E-state index is 0.00993. The lowest BCUT2D eigenvalue weighted by Gasteiger charge is -2.13. The van der Waals surface area contributed by atoms with Gasteiger partial charge in [-0.2, -0.15) is 5.26 Å². The third-order valence-electron chi connectivity index (χ3n) is 4.40. The predicted octanol–water partition coefficient (Wildman–Crippen LogP) is 4.36. The molecule has 0 amide bonds. The van der Waals surface area contributed by atoms with Crippen molar-refractivity contribution in [1.29, 1.82) is 5.26 Å². The van der Waals surface area contributed by atoms with Gasteiger partial charge in [0, 0.05) is 18.2 Å². The Balaban J connectivity index is 2.57. The van der Waals surface area contributed by atoms with Gasteiger partial charge in [-0.05, 0) is 25.5 Å². The maximum Gasteiger partial charge on any atom is 0.281 e. The summed E-state index contributed by atoms with van der Waals surface area (Å²) in [5.41, 5.74) is 0.196. The van der Waals surface area contributed by atoms with Gasteiger partial charge in [0.15, 0.2) is 5.69 Å². The number of nitriles is 1. The summed E-state index contributed by atoms with van der Waals surface area (Å²) in [7, 11) is 3.03. The van der Waals surface area contributed by atoms with Crippen molar-refractivity contribution in [2.24, 2.45) is 10.2 Å². The molecule has 148 valence electrons. The number of methoxy groups -OCH3 is 2. The quantitative estimate of drug-likeness (QED) is 0.537. The Bertz CT molecular complexity index is 974. The molecule has 2 rings (SSSR count). The normalized spacial score (nSPS) is 10.8. The maximum absolute atomic E-state index is 12.9. The summed E-state index contributed by atoms with van der Waals surface area (Å²) in [5.74, 6) is 0.690. The fraction of sp³-hybridized carbons (Fsp3) is 0.400. The Morgan fingerprint density at radius 2 is 1.96 bits per heavy atom. The molecule has 0 bridgehead atoms. The smallest absolute Gasteiger partial charge is 0.281 e. The van der Waals surface area contributed by atoms with Crippen molar-refractivity contribution in [2.75, 3.05) is 14.2 Å². The second-order valence-corrected chi connectivity index (χ2v) is 6.19. The number of aromatic nitrogens is 1. The molecular formula is C20H24N4O4. The molecule has 0 aliphatic rings. The number of unbranched alkanes of at least 4 members (excludes halogenated alkanes) is 2. The molecule has 0 saturated carbocycles. The Morgan fingerprint density at radius 3 is 2.57 bits per heavy atom. The minimum atomic E-state index is -0.490. The topological polar surface area (TPSA) is 109 Å². The number of hydrogen-bond donors (Lipinski definition) is 1. The van der Waals surface area contributed by atoms with Crippen LogP contribution in [0, 0.1) is 18.3 Å². The molecule has 1 N–H and O–H groups in total. The zero-order valence-electron chi connectivity index (χ0n) is 16.5. The molecule has 0 unspecified atom stereocenters. The number of nitrogens with zero attached hydrogens (tertiary/aromatic N) is 4. The van der Waals surface area contributed by atoms with Gasteiger partial charge in [-0.1, -0.05) is 19.8 Å². The van der Waals surface area contributed by atoms with Crippen LogP contribution in [-0.4, -0.2) is 23.9 Å². The summed E-state index contributed by atoms with van der Waals surface area (Å²) < 4.78 is 11.6. The molecule has 0 fully saturated rings. The van der Waals surface area contributed by atoms with E-state index in [-0.39, 0.29) is 22.7 Å². The van der Waals surface area contributed by atoms with Crippen molar-refractivity contribution in [1.82, 2.24) is 4.57 Å². The average molecular weight is 384 g/mol. The van der Waals surface area contributed by atoms with Crippen molar-refractivity contribution < 1.29 is 14.6 Å². The van der Waals surface area contributed by atoms with Crippen molar-refractivity contribution in [3.05, 3.63) is 39.7 Å². The number of azo groups is 1. The van der Waals surface area contributed by atoms with Crippen molar-refractivity contribution in [3.63, 3.8) is 0 Å². The lowest BCUT2D eigenvalue weighted by molar-refractivity contribution is 0.398. The zero-order chi connectivity index (χ0) is 20.7. The second-order valence-electron chi connectivity index (χ2n) is 6.19. The highest BCUT2D eigenvalue weighted by Crippen LogP contribution is 2.33. The van der Waals surface area contributed by atoms with Gasteiger partial charge in [0.25, 0.3) is 5.56 Å². The molecule has 2 aromatic rings. The number of pyridine rings is 1. The Morgan fingerprint density at radius 1 is 1.21 bits per heavy atom. The van der Waals surface area contributed by atoms with Crippen LogP contribution in [0.15, 0.2) is 33.2 Å². The molecular weight excluding hydrogens is 360 g/mol. The van der Waals surface area contributed by atoms with Gasteiger partial charge in [-0.3, -0.25) is 9.36 Å². The lowest BCUT2D eigenvalue weighted by atomic mass is 10.1. The van der Waals surface area contributed by atoms with Crippen LogP contribution >= 0.6 is 0 Å². The molecule has 1 heterocycles. The predicted molar refractivity (Wildman–Crippen MR) is 105 cm³/mol. The van der Waals surface area contributed by atoms with E-state index >= 15 is 0 Å². The van der Waals surface area contributed by atoms with E-state index in [0.717, 1.165) is 12.8 Å². The van der Waals surface area contributed by atoms with Crippen LogP contribution < -0.4 is 15.0 Å². The molecule has 0 aliphatic carbocycles. The first-order valence-electron chi connectivity index (χ1n) is 8.98. The summed E-state index contributed by atoms with van der Waals surface area (Å²) in [6, 6.07) is 6.97. The van der Waals surface area contributed by atoms with E-state index in [1.165, 1.54) is 18.8 Å². The number of ether oxygens (including phenoxy) is 2. The molecule has 0 spiro atoms. The van der Waals surface area contributed by atoms with Crippen LogP contribution in [0.1, 0.15) is 37.3 Å². The molecule has 1 aromatic heterocycles. The molecule has 0 atom stereocenters. The highest BCUT2D eigenvalue weighted by Gasteiger charge is 2.19. The van der Waals surface area contributed by atoms with Crippen LogP contribution in [0.5, 0.6) is 17.4 Å². The Kier molecular flexibility index (Phi) is 7.15. The maximum atomic E-state index is 12.9. The third kappa shape index (κ3) is 4.31. The third-order valence-corrected chi connectivity index (χ3v) is 4.40. The van der Waals surface area contributed by atoms with Crippen LogP contribution in [0.4, 0.5) is 11.4 Å². The largest absolute Gasteiger partial charge is 0.497 e. The summed E-state index contributed by atoms with van der Waals surface area (Å²) in [4.78, 5) is 12.9. The fourth-order valence-corrected chi connectivity index (χ4v) is 2.76. The highest BCUT2D eigenvalue weighted by atomic mass is 16.5. The number of aromatic hydroxyl groups is 1. The molecule has 1 aromatic carbocycles. The molecule has 8 heteroatoms. The average Bonchev–Trinajstić information content (AvgIpc) is 2.70. The van der Waals surface area contributed by atoms with Gasteiger partial charge in [0.2, 0.25) is 5.88 Å². The zero-order valence-corrected chi connectivity index (χ0v) is 16.5. The van der Waals surface area contributed by atoms with Gasteiger partial charge < -0.3 is 14.6 Å². The van der Waals surface area contributed by atoms with E-state index in [1.807, 2.05) is 13.0 Å². The molecule has 0 aliphatic heterocycles. The molecule has 0 saturated heterocycles. The summed E-state index contributed by atoms with van der Waals surface area (Å²) in [6.07, 6.45) is 2.58. The van der Waals surface area contributed by atoms with Crippen LogP contribution in [-0.2, 0) is 6.54 Å². The van der Waals surface area contributed by atoms with E-state index in [4.69, 9.17) is 9.47 Å². The van der Waals surface area contributed by atoms with E-state index in [9.17, 15) is 15.2 Å².